The van der Waals surface area contributed by atoms with Crippen molar-refractivity contribution in [3.8, 4) is 11.5 Å². The number of urea groups is 1. The van der Waals surface area contributed by atoms with Crippen molar-refractivity contribution >= 4 is 11.7 Å². The van der Waals surface area contributed by atoms with E-state index >= 15 is 0 Å². The zero-order chi connectivity index (χ0) is 20.6. The van der Waals surface area contributed by atoms with Crippen LogP contribution in [0.1, 0.15) is 11.1 Å². The number of benzene rings is 2. The summed E-state index contributed by atoms with van der Waals surface area (Å²) >= 11 is 0. The molecule has 0 aliphatic carbocycles. The zero-order valence-corrected chi connectivity index (χ0v) is 16.3. The molecule has 0 spiro atoms. The Labute approximate surface area is 168 Å². The molecule has 0 atom stereocenters. The number of hydrogen-bond donors (Lipinski definition) is 1. The lowest BCUT2D eigenvalue weighted by Crippen LogP contribution is -2.30. The van der Waals surface area contributed by atoms with E-state index in [2.05, 4.69) is 10.3 Å². The number of nitrogens with one attached hydrogen (secondary N) is 1. The van der Waals surface area contributed by atoms with Crippen LogP contribution in [0.5, 0.6) is 11.5 Å². The van der Waals surface area contributed by atoms with Crippen LogP contribution in [0, 0.1) is 5.82 Å². The number of amides is 2. The molecule has 29 heavy (non-hydrogen) atoms. The van der Waals surface area contributed by atoms with E-state index < -0.39 is 5.82 Å². The van der Waals surface area contributed by atoms with E-state index in [0.717, 1.165) is 5.56 Å². The normalized spacial score (nSPS) is 10.3. The number of halogens is 1. The first-order valence-corrected chi connectivity index (χ1v) is 9.01. The van der Waals surface area contributed by atoms with Gasteiger partial charge in [0.05, 0.1) is 7.11 Å². The standard InChI is InChI=1S/C22H22FN3O3/c1-26(14-16-5-10-21(28-2)20(23)12-16)22(27)25-18-6-8-19(9-7-18)29-15-17-4-3-11-24-13-17/h3-13H,14-15H2,1-2H3,(H,25,27). The molecule has 0 aliphatic heterocycles. The highest BCUT2D eigenvalue weighted by atomic mass is 19.1. The average molecular weight is 395 g/mol. The summed E-state index contributed by atoms with van der Waals surface area (Å²) < 4.78 is 24.4. The molecule has 0 aliphatic rings. The minimum atomic E-state index is -0.458. The monoisotopic (exact) mass is 395 g/mol. The van der Waals surface area contributed by atoms with Gasteiger partial charge in [-0.05, 0) is 48.0 Å². The molecule has 3 rings (SSSR count). The maximum Gasteiger partial charge on any atom is 0.321 e. The number of pyridine rings is 1. The van der Waals surface area contributed by atoms with E-state index in [-0.39, 0.29) is 18.3 Å². The molecule has 0 saturated heterocycles. The summed E-state index contributed by atoms with van der Waals surface area (Å²) in [7, 11) is 3.05. The molecule has 0 radical (unpaired) electrons. The molecule has 0 bridgehead atoms. The molecule has 0 unspecified atom stereocenters. The summed E-state index contributed by atoms with van der Waals surface area (Å²) in [4.78, 5) is 17.9. The molecule has 0 fully saturated rings. The van der Waals surface area contributed by atoms with E-state index in [4.69, 9.17) is 9.47 Å². The second kappa shape index (κ2) is 9.54. The molecule has 2 aromatic carbocycles. The van der Waals surface area contributed by atoms with Crippen molar-refractivity contribution < 1.29 is 18.7 Å². The molecule has 1 aromatic heterocycles. The summed E-state index contributed by atoms with van der Waals surface area (Å²) in [5.41, 5.74) is 2.28. The maximum absolute atomic E-state index is 13.8. The lowest BCUT2D eigenvalue weighted by molar-refractivity contribution is 0.220. The lowest BCUT2D eigenvalue weighted by atomic mass is 10.2. The first-order valence-electron chi connectivity index (χ1n) is 9.01. The van der Waals surface area contributed by atoms with Gasteiger partial charge in [0.15, 0.2) is 11.6 Å². The van der Waals surface area contributed by atoms with Crippen LogP contribution in [0.2, 0.25) is 0 Å². The number of carbonyl (C=O) groups is 1. The van der Waals surface area contributed by atoms with Crippen molar-refractivity contribution in [2.75, 3.05) is 19.5 Å². The summed E-state index contributed by atoms with van der Waals surface area (Å²) in [6.07, 6.45) is 3.46. The Balaban J connectivity index is 1.52. The van der Waals surface area contributed by atoms with Crippen LogP contribution in [-0.4, -0.2) is 30.1 Å². The SMILES string of the molecule is COc1ccc(CN(C)C(=O)Nc2ccc(OCc3cccnc3)cc2)cc1F. The smallest absolute Gasteiger partial charge is 0.321 e. The number of ether oxygens (including phenoxy) is 2. The van der Waals surface area contributed by atoms with Gasteiger partial charge in [-0.3, -0.25) is 4.98 Å². The van der Waals surface area contributed by atoms with Crippen molar-refractivity contribution in [1.29, 1.82) is 0 Å². The van der Waals surface area contributed by atoms with Crippen LogP contribution in [0.15, 0.2) is 67.0 Å². The topological polar surface area (TPSA) is 63.7 Å². The molecule has 2 amide bonds. The van der Waals surface area contributed by atoms with Crippen LogP contribution >= 0.6 is 0 Å². The zero-order valence-electron chi connectivity index (χ0n) is 16.3. The van der Waals surface area contributed by atoms with E-state index in [1.807, 2.05) is 12.1 Å². The molecule has 0 saturated carbocycles. The molecular formula is C22H22FN3O3. The molecule has 1 N–H and O–H groups in total. The number of carbonyl (C=O) groups excluding carboxylic acids is 1. The lowest BCUT2D eigenvalue weighted by Gasteiger charge is -2.18. The van der Waals surface area contributed by atoms with Gasteiger partial charge in [0.2, 0.25) is 0 Å². The quantitative estimate of drug-likeness (QED) is 0.641. The van der Waals surface area contributed by atoms with Gasteiger partial charge in [-0.15, -0.1) is 0 Å². The van der Waals surface area contributed by atoms with Gasteiger partial charge in [-0.1, -0.05) is 12.1 Å². The van der Waals surface area contributed by atoms with Crippen molar-refractivity contribution in [3.05, 3.63) is 83.9 Å². The number of hydrogen-bond acceptors (Lipinski definition) is 4. The van der Waals surface area contributed by atoms with Crippen molar-refractivity contribution in [2.45, 2.75) is 13.2 Å². The third-order valence-corrected chi connectivity index (χ3v) is 4.22. The van der Waals surface area contributed by atoms with Gasteiger partial charge in [0.1, 0.15) is 12.4 Å². The van der Waals surface area contributed by atoms with Crippen LogP contribution in [0.25, 0.3) is 0 Å². The molecular weight excluding hydrogens is 373 g/mol. The number of anilines is 1. The molecule has 150 valence electrons. The van der Waals surface area contributed by atoms with Crippen molar-refractivity contribution in [1.82, 2.24) is 9.88 Å². The Morgan fingerprint density at radius 3 is 2.59 bits per heavy atom. The molecule has 6 nitrogen and oxygen atoms in total. The van der Waals surface area contributed by atoms with Crippen LogP contribution in [0.4, 0.5) is 14.9 Å². The first-order chi connectivity index (χ1) is 14.0. The Morgan fingerprint density at radius 1 is 1.14 bits per heavy atom. The summed E-state index contributed by atoms with van der Waals surface area (Å²) in [6.45, 7) is 0.680. The average Bonchev–Trinajstić information content (AvgIpc) is 2.74. The van der Waals surface area contributed by atoms with Gasteiger partial charge in [0.25, 0.3) is 0 Å². The van der Waals surface area contributed by atoms with Crippen molar-refractivity contribution in [2.24, 2.45) is 0 Å². The van der Waals surface area contributed by atoms with Gasteiger partial charge >= 0.3 is 6.03 Å². The van der Waals surface area contributed by atoms with Gasteiger partial charge in [-0.2, -0.15) is 0 Å². The summed E-state index contributed by atoms with van der Waals surface area (Å²) in [6, 6.07) is 15.2. The predicted octanol–water partition coefficient (Wildman–Crippen LogP) is 4.47. The van der Waals surface area contributed by atoms with E-state index in [1.165, 1.54) is 18.1 Å². The third-order valence-electron chi connectivity index (χ3n) is 4.22. The maximum atomic E-state index is 13.8. The second-order valence-corrected chi connectivity index (χ2v) is 6.43. The highest BCUT2D eigenvalue weighted by Gasteiger charge is 2.11. The Hall–Kier alpha value is -3.61. The number of nitrogens with zero attached hydrogens (tertiary/aromatic N) is 2. The van der Waals surface area contributed by atoms with Gasteiger partial charge < -0.3 is 19.7 Å². The van der Waals surface area contributed by atoms with Crippen LogP contribution in [0.3, 0.4) is 0 Å². The highest BCUT2D eigenvalue weighted by molar-refractivity contribution is 5.89. The van der Waals surface area contributed by atoms with Crippen LogP contribution in [-0.2, 0) is 13.2 Å². The van der Waals surface area contributed by atoms with E-state index in [1.54, 1.807) is 55.8 Å². The van der Waals surface area contributed by atoms with Crippen molar-refractivity contribution in [3.63, 3.8) is 0 Å². The molecule has 7 heteroatoms. The Morgan fingerprint density at radius 2 is 1.93 bits per heavy atom. The summed E-state index contributed by atoms with van der Waals surface area (Å²) in [5.74, 6) is 0.404. The van der Waals surface area contributed by atoms with Gasteiger partial charge in [-0.25, -0.2) is 9.18 Å². The molecule has 1 heterocycles. The first kappa shape index (κ1) is 20.1. The fraction of sp³-hybridized carbons (Fsp3) is 0.182. The largest absolute Gasteiger partial charge is 0.494 e. The third kappa shape index (κ3) is 5.68. The highest BCUT2D eigenvalue weighted by Crippen LogP contribution is 2.20. The minimum Gasteiger partial charge on any atom is -0.494 e. The number of aromatic nitrogens is 1. The van der Waals surface area contributed by atoms with Gasteiger partial charge in [0, 0.05) is 37.2 Å². The Kier molecular flexibility index (Phi) is 6.63. The van der Waals surface area contributed by atoms with E-state index in [0.29, 0.717) is 23.6 Å². The van der Waals surface area contributed by atoms with E-state index in [9.17, 15) is 9.18 Å². The predicted molar refractivity (Wildman–Crippen MR) is 108 cm³/mol. The minimum absolute atomic E-state index is 0.173. The number of rotatable bonds is 7. The Bertz CT molecular complexity index is 949. The number of methoxy groups -OCH3 is 1. The fourth-order valence-electron chi connectivity index (χ4n) is 2.66. The fourth-order valence-corrected chi connectivity index (χ4v) is 2.66. The molecule has 3 aromatic rings. The second-order valence-electron chi connectivity index (χ2n) is 6.43. The summed E-state index contributed by atoms with van der Waals surface area (Å²) in [5, 5.41) is 2.80. The van der Waals surface area contributed by atoms with Crippen LogP contribution < -0.4 is 14.8 Å².